The third-order valence-electron chi connectivity index (χ3n) is 5.74. The van der Waals surface area contributed by atoms with Gasteiger partial charge in [-0.25, -0.2) is 14.3 Å². The topological polar surface area (TPSA) is 105 Å². The van der Waals surface area contributed by atoms with Crippen LogP contribution in [0.4, 0.5) is 20.6 Å². The molecular formula is C24H29FN6O2. The van der Waals surface area contributed by atoms with Crippen molar-refractivity contribution in [3.63, 3.8) is 0 Å². The van der Waals surface area contributed by atoms with E-state index >= 15 is 0 Å². The summed E-state index contributed by atoms with van der Waals surface area (Å²) in [6.45, 7) is 4.72. The highest BCUT2D eigenvalue weighted by atomic mass is 19.1. The number of para-hydroxylation sites is 1. The maximum Gasteiger partial charge on any atom is 0.323 e. The molecule has 2 atom stereocenters. The number of hydrogen-bond acceptors (Lipinski definition) is 5. The number of ether oxygens (including phenoxy) is 1. The van der Waals surface area contributed by atoms with Gasteiger partial charge in [0.05, 0.1) is 18.0 Å². The van der Waals surface area contributed by atoms with E-state index in [1.807, 2.05) is 13.0 Å². The standard InChI is InChI=1S/C24H29FN6O2/c1-3-5-8-15-12-16(17-14-18(17)23-28-30-31-29-23)13-21(22(15)33-11-4-2)27-24(32)26-20-10-7-6-9-19(20)25/h6-7,9-10,12-13,17-18H,3-5,8,11,14H2,1-2H3,(H2,26,27,32)(H,28,29,30,31)/t17-,18-/m0/s1. The molecule has 0 unspecified atom stereocenters. The molecule has 8 nitrogen and oxygen atoms in total. The molecule has 9 heteroatoms. The largest absolute Gasteiger partial charge is 0.491 e. The summed E-state index contributed by atoms with van der Waals surface area (Å²) in [6.07, 6.45) is 4.67. The number of urea groups is 1. The fourth-order valence-electron chi connectivity index (χ4n) is 3.98. The summed E-state index contributed by atoms with van der Waals surface area (Å²) in [6, 6.07) is 9.68. The van der Waals surface area contributed by atoms with Crippen LogP contribution in [-0.2, 0) is 6.42 Å². The molecule has 0 spiro atoms. The molecule has 0 saturated heterocycles. The van der Waals surface area contributed by atoms with Crippen molar-refractivity contribution in [1.29, 1.82) is 0 Å². The SMILES string of the molecule is CCCCc1cc([C@@H]2C[C@@H]2c2nnn[nH]2)cc(NC(=O)Nc2ccccc2F)c1OCCC. The molecule has 1 aromatic heterocycles. The number of nitrogens with zero attached hydrogens (tertiary/aromatic N) is 3. The van der Waals surface area contributed by atoms with E-state index in [9.17, 15) is 9.18 Å². The number of carbonyl (C=O) groups excluding carboxylic acids is 1. The first kappa shape index (κ1) is 22.7. The first-order chi connectivity index (χ1) is 16.1. The molecule has 0 aliphatic heterocycles. The summed E-state index contributed by atoms with van der Waals surface area (Å²) in [4.78, 5) is 12.8. The Hall–Kier alpha value is -3.49. The zero-order chi connectivity index (χ0) is 23.2. The monoisotopic (exact) mass is 452 g/mol. The number of rotatable bonds is 10. The number of unbranched alkanes of at least 4 members (excludes halogenated alkanes) is 1. The molecule has 1 fully saturated rings. The lowest BCUT2D eigenvalue weighted by molar-refractivity contribution is 0.261. The highest BCUT2D eigenvalue weighted by molar-refractivity contribution is 6.01. The van der Waals surface area contributed by atoms with E-state index < -0.39 is 11.8 Å². The fourth-order valence-corrected chi connectivity index (χ4v) is 3.98. The van der Waals surface area contributed by atoms with Crippen molar-refractivity contribution >= 4 is 17.4 Å². The number of carbonyl (C=O) groups is 1. The van der Waals surface area contributed by atoms with E-state index in [-0.39, 0.29) is 17.5 Å². The van der Waals surface area contributed by atoms with E-state index in [1.54, 1.807) is 12.1 Å². The van der Waals surface area contributed by atoms with Gasteiger partial charge in [0.2, 0.25) is 0 Å². The predicted molar refractivity (Wildman–Crippen MR) is 124 cm³/mol. The van der Waals surface area contributed by atoms with Crippen molar-refractivity contribution in [2.75, 3.05) is 17.2 Å². The third kappa shape index (κ3) is 5.47. The summed E-state index contributed by atoms with van der Waals surface area (Å²) in [5.74, 6) is 1.44. The smallest absolute Gasteiger partial charge is 0.323 e. The van der Waals surface area contributed by atoms with Crippen LogP contribution in [0.1, 0.15) is 68.3 Å². The molecule has 1 aliphatic carbocycles. The van der Waals surface area contributed by atoms with Crippen molar-refractivity contribution in [2.24, 2.45) is 0 Å². The van der Waals surface area contributed by atoms with Crippen LogP contribution in [-0.4, -0.2) is 33.3 Å². The van der Waals surface area contributed by atoms with E-state index in [0.29, 0.717) is 18.0 Å². The van der Waals surface area contributed by atoms with Crippen molar-refractivity contribution in [3.8, 4) is 5.75 Å². The number of aromatic nitrogens is 4. The molecule has 1 aliphatic rings. The molecule has 3 aromatic rings. The van der Waals surface area contributed by atoms with E-state index in [0.717, 1.165) is 49.1 Å². The number of benzene rings is 2. The Kier molecular flexibility index (Phi) is 7.16. The minimum atomic E-state index is -0.521. The Balaban J connectivity index is 1.63. The van der Waals surface area contributed by atoms with Gasteiger partial charge < -0.3 is 15.4 Å². The Bertz CT molecular complexity index is 1090. The Morgan fingerprint density at radius 3 is 2.70 bits per heavy atom. The van der Waals surface area contributed by atoms with Crippen molar-refractivity contribution in [2.45, 2.75) is 57.8 Å². The second kappa shape index (κ2) is 10.4. The van der Waals surface area contributed by atoms with Gasteiger partial charge in [-0.1, -0.05) is 38.5 Å². The number of hydrogen-bond donors (Lipinski definition) is 3. The number of aryl methyl sites for hydroxylation is 1. The lowest BCUT2D eigenvalue weighted by atomic mass is 9.99. The van der Waals surface area contributed by atoms with Crippen LogP contribution < -0.4 is 15.4 Å². The van der Waals surface area contributed by atoms with Crippen LogP contribution in [0.5, 0.6) is 5.75 Å². The lowest BCUT2D eigenvalue weighted by Gasteiger charge is -2.19. The maximum absolute atomic E-state index is 14.0. The molecular weight excluding hydrogens is 423 g/mol. The number of nitrogens with one attached hydrogen (secondary N) is 3. The fraction of sp³-hybridized carbons (Fsp3) is 0.417. The minimum absolute atomic E-state index is 0.119. The molecule has 2 amide bonds. The van der Waals surface area contributed by atoms with Crippen LogP contribution in [0.3, 0.4) is 0 Å². The molecule has 1 heterocycles. The third-order valence-corrected chi connectivity index (χ3v) is 5.74. The van der Waals surface area contributed by atoms with Crippen molar-refractivity contribution in [3.05, 3.63) is 59.2 Å². The van der Waals surface area contributed by atoms with Gasteiger partial charge in [0, 0.05) is 5.92 Å². The summed E-state index contributed by atoms with van der Waals surface area (Å²) in [5.41, 5.74) is 2.87. The van der Waals surface area contributed by atoms with Crippen molar-refractivity contribution in [1.82, 2.24) is 20.6 Å². The highest BCUT2D eigenvalue weighted by Crippen LogP contribution is 2.54. The second-order valence-corrected chi connectivity index (χ2v) is 8.30. The van der Waals surface area contributed by atoms with E-state index in [2.05, 4.69) is 44.2 Å². The first-order valence-corrected chi connectivity index (χ1v) is 11.5. The number of aromatic amines is 1. The molecule has 0 bridgehead atoms. The van der Waals surface area contributed by atoms with Gasteiger partial charge in [-0.3, -0.25) is 0 Å². The van der Waals surface area contributed by atoms with E-state index in [4.69, 9.17) is 4.74 Å². The average Bonchev–Trinajstić information content (AvgIpc) is 3.42. The number of H-pyrrole nitrogens is 1. The molecule has 1 saturated carbocycles. The van der Waals surface area contributed by atoms with Gasteiger partial charge >= 0.3 is 6.03 Å². The number of tetrazole rings is 1. The minimum Gasteiger partial charge on any atom is -0.491 e. The van der Waals surface area contributed by atoms with Gasteiger partial charge in [0.25, 0.3) is 0 Å². The van der Waals surface area contributed by atoms with Crippen LogP contribution in [0.15, 0.2) is 36.4 Å². The molecule has 0 radical (unpaired) electrons. The van der Waals surface area contributed by atoms with Crippen LogP contribution in [0.2, 0.25) is 0 Å². The van der Waals surface area contributed by atoms with Crippen LogP contribution >= 0.6 is 0 Å². The number of halogens is 1. The van der Waals surface area contributed by atoms with Gasteiger partial charge in [-0.2, -0.15) is 0 Å². The van der Waals surface area contributed by atoms with Crippen LogP contribution in [0.25, 0.3) is 0 Å². The number of amides is 2. The quantitative estimate of drug-likeness (QED) is 0.383. The second-order valence-electron chi connectivity index (χ2n) is 8.30. The normalized spacial score (nSPS) is 16.9. The number of anilines is 2. The summed E-state index contributed by atoms with van der Waals surface area (Å²) in [7, 11) is 0. The summed E-state index contributed by atoms with van der Waals surface area (Å²) >= 11 is 0. The molecule has 33 heavy (non-hydrogen) atoms. The lowest BCUT2D eigenvalue weighted by Crippen LogP contribution is -2.21. The molecule has 2 aromatic carbocycles. The predicted octanol–water partition coefficient (Wildman–Crippen LogP) is 5.39. The molecule has 174 valence electrons. The maximum atomic E-state index is 14.0. The first-order valence-electron chi connectivity index (χ1n) is 11.5. The Morgan fingerprint density at radius 2 is 1.97 bits per heavy atom. The van der Waals surface area contributed by atoms with Gasteiger partial charge in [-0.05, 0) is 71.4 Å². The Labute approximate surface area is 192 Å². The van der Waals surface area contributed by atoms with Gasteiger partial charge in [0.15, 0.2) is 5.82 Å². The summed E-state index contributed by atoms with van der Waals surface area (Å²) in [5, 5.41) is 19.8. The van der Waals surface area contributed by atoms with Crippen LogP contribution in [0, 0.1) is 5.82 Å². The van der Waals surface area contributed by atoms with E-state index in [1.165, 1.54) is 12.1 Å². The average molecular weight is 453 g/mol. The highest BCUT2D eigenvalue weighted by Gasteiger charge is 2.42. The van der Waals surface area contributed by atoms with Gasteiger partial charge in [-0.15, -0.1) is 5.10 Å². The molecule has 3 N–H and O–H groups in total. The molecule has 4 rings (SSSR count). The zero-order valence-electron chi connectivity index (χ0n) is 18.9. The Morgan fingerprint density at radius 1 is 1.15 bits per heavy atom. The summed E-state index contributed by atoms with van der Waals surface area (Å²) < 4.78 is 20.1. The zero-order valence-corrected chi connectivity index (χ0v) is 18.9. The van der Waals surface area contributed by atoms with Gasteiger partial charge in [0.1, 0.15) is 11.6 Å². The van der Waals surface area contributed by atoms with Crippen molar-refractivity contribution < 1.29 is 13.9 Å².